The second kappa shape index (κ2) is 7.62. The predicted octanol–water partition coefficient (Wildman–Crippen LogP) is 3.02. The van der Waals surface area contributed by atoms with Gasteiger partial charge in [0.05, 0.1) is 17.4 Å². The number of carboxylic acids is 1. The van der Waals surface area contributed by atoms with Gasteiger partial charge in [0.1, 0.15) is 0 Å². The van der Waals surface area contributed by atoms with Crippen LogP contribution in [0.4, 0.5) is 18.9 Å². The van der Waals surface area contributed by atoms with Gasteiger partial charge in [-0.3, -0.25) is 9.59 Å². The molecule has 1 aliphatic carbocycles. The zero-order valence-electron chi connectivity index (χ0n) is 14.7. The molecule has 1 aromatic carbocycles. The first-order valence-electron chi connectivity index (χ1n) is 8.86. The highest BCUT2D eigenvalue weighted by atomic mass is 19.4. The molecular weight excluding hydrogens is 361 g/mol. The normalized spacial score (nSPS) is 23.4. The molecule has 2 aliphatic rings. The van der Waals surface area contributed by atoms with Gasteiger partial charge in [-0.15, -0.1) is 0 Å². The number of benzene rings is 1. The van der Waals surface area contributed by atoms with Gasteiger partial charge in [0.2, 0.25) is 5.91 Å². The number of aliphatic carboxylic acids is 1. The van der Waals surface area contributed by atoms with Crippen LogP contribution in [-0.4, -0.2) is 48.1 Å². The standard InChI is InChI=1S/C19H21F3N2O3/c20-19(21,22)13-5-7-14(8-6-13)23-9-11-24(12-10-23)17(25)15-3-1-2-4-16(15)18(26)27/h1-2,5-8,15-16H,3-4,9-12H2,(H,26,27). The molecule has 1 saturated heterocycles. The van der Waals surface area contributed by atoms with Crippen LogP contribution >= 0.6 is 0 Å². The number of nitrogens with zero attached hydrogens (tertiary/aromatic N) is 2. The molecule has 5 nitrogen and oxygen atoms in total. The van der Waals surface area contributed by atoms with Gasteiger partial charge in [0, 0.05) is 31.9 Å². The summed E-state index contributed by atoms with van der Waals surface area (Å²) in [6.45, 7) is 1.84. The van der Waals surface area contributed by atoms with Gasteiger partial charge in [0.25, 0.3) is 0 Å². The van der Waals surface area contributed by atoms with Crippen LogP contribution in [0.3, 0.4) is 0 Å². The lowest BCUT2D eigenvalue weighted by molar-refractivity contribution is -0.150. The Morgan fingerprint density at radius 1 is 0.926 bits per heavy atom. The van der Waals surface area contributed by atoms with Crippen molar-refractivity contribution in [2.24, 2.45) is 11.8 Å². The zero-order valence-corrected chi connectivity index (χ0v) is 14.7. The molecule has 0 bridgehead atoms. The van der Waals surface area contributed by atoms with Crippen molar-refractivity contribution in [3.63, 3.8) is 0 Å². The summed E-state index contributed by atoms with van der Waals surface area (Å²) < 4.78 is 38.0. The number of halogens is 3. The number of carboxylic acid groups (broad SMARTS) is 1. The third-order valence-electron chi connectivity index (χ3n) is 5.22. The Morgan fingerprint density at radius 2 is 1.48 bits per heavy atom. The predicted molar refractivity (Wildman–Crippen MR) is 93.2 cm³/mol. The SMILES string of the molecule is O=C(O)C1CC=CCC1C(=O)N1CCN(c2ccc(C(F)(F)F)cc2)CC1. The average molecular weight is 382 g/mol. The molecule has 27 heavy (non-hydrogen) atoms. The number of carbonyl (C=O) groups excluding carboxylic acids is 1. The van der Waals surface area contributed by atoms with Crippen LogP contribution < -0.4 is 4.90 Å². The molecular formula is C19H21F3N2O3. The number of rotatable bonds is 3. The summed E-state index contributed by atoms with van der Waals surface area (Å²) in [5.41, 5.74) is -0.00996. The molecule has 1 heterocycles. The number of alkyl halides is 3. The van der Waals surface area contributed by atoms with Crippen molar-refractivity contribution in [3.8, 4) is 0 Å². The van der Waals surface area contributed by atoms with E-state index in [0.29, 0.717) is 44.7 Å². The molecule has 1 fully saturated rings. The molecule has 0 saturated carbocycles. The van der Waals surface area contributed by atoms with Crippen molar-refractivity contribution < 1.29 is 27.9 Å². The van der Waals surface area contributed by atoms with Gasteiger partial charge in [0.15, 0.2) is 0 Å². The first-order valence-corrected chi connectivity index (χ1v) is 8.86. The minimum atomic E-state index is -4.36. The van der Waals surface area contributed by atoms with Crippen molar-refractivity contribution in [3.05, 3.63) is 42.0 Å². The number of amides is 1. The lowest BCUT2D eigenvalue weighted by Gasteiger charge is -2.38. The third kappa shape index (κ3) is 4.26. The van der Waals surface area contributed by atoms with Crippen LogP contribution in [0.2, 0.25) is 0 Å². The minimum Gasteiger partial charge on any atom is -0.481 e. The molecule has 1 amide bonds. The van der Waals surface area contributed by atoms with E-state index in [-0.39, 0.29) is 5.91 Å². The number of hydrogen-bond donors (Lipinski definition) is 1. The van der Waals surface area contributed by atoms with E-state index >= 15 is 0 Å². The Bertz CT molecular complexity index is 723. The fourth-order valence-electron chi connectivity index (χ4n) is 3.64. The summed E-state index contributed by atoms with van der Waals surface area (Å²) >= 11 is 0. The van der Waals surface area contributed by atoms with E-state index in [2.05, 4.69) is 0 Å². The summed E-state index contributed by atoms with van der Waals surface area (Å²) in [5.74, 6) is -2.36. The van der Waals surface area contributed by atoms with Gasteiger partial charge >= 0.3 is 12.1 Å². The van der Waals surface area contributed by atoms with Crippen molar-refractivity contribution in [1.82, 2.24) is 4.90 Å². The molecule has 2 unspecified atom stereocenters. The van der Waals surface area contributed by atoms with E-state index in [0.717, 1.165) is 12.1 Å². The molecule has 0 aromatic heterocycles. The van der Waals surface area contributed by atoms with E-state index in [1.807, 2.05) is 11.0 Å². The number of allylic oxidation sites excluding steroid dienone is 2. The van der Waals surface area contributed by atoms with E-state index in [9.17, 15) is 27.9 Å². The lowest BCUT2D eigenvalue weighted by Crippen LogP contribution is -2.52. The van der Waals surface area contributed by atoms with Gasteiger partial charge in [-0.2, -0.15) is 13.2 Å². The molecule has 1 aliphatic heterocycles. The Morgan fingerprint density at radius 3 is 2.00 bits per heavy atom. The molecule has 146 valence electrons. The third-order valence-corrected chi connectivity index (χ3v) is 5.22. The molecule has 8 heteroatoms. The number of carbonyl (C=O) groups is 2. The quantitative estimate of drug-likeness (QED) is 0.817. The van der Waals surface area contributed by atoms with Crippen molar-refractivity contribution in [2.45, 2.75) is 19.0 Å². The second-order valence-corrected chi connectivity index (χ2v) is 6.85. The fraction of sp³-hybridized carbons (Fsp3) is 0.474. The molecule has 3 rings (SSSR count). The molecule has 2 atom stereocenters. The second-order valence-electron chi connectivity index (χ2n) is 6.85. The van der Waals surface area contributed by atoms with Crippen LogP contribution in [-0.2, 0) is 15.8 Å². The van der Waals surface area contributed by atoms with Crippen LogP contribution in [0.1, 0.15) is 18.4 Å². The van der Waals surface area contributed by atoms with Crippen molar-refractivity contribution in [1.29, 1.82) is 0 Å². The van der Waals surface area contributed by atoms with Gasteiger partial charge < -0.3 is 14.9 Å². The maximum absolute atomic E-state index is 12.8. The summed E-state index contributed by atoms with van der Waals surface area (Å²) in [7, 11) is 0. The maximum Gasteiger partial charge on any atom is 0.416 e. The highest BCUT2D eigenvalue weighted by molar-refractivity contribution is 5.85. The minimum absolute atomic E-state index is 0.154. The number of anilines is 1. The Labute approximate surface area is 155 Å². The maximum atomic E-state index is 12.8. The van der Waals surface area contributed by atoms with Crippen LogP contribution in [0.25, 0.3) is 0 Å². The molecule has 0 radical (unpaired) electrons. The highest BCUT2D eigenvalue weighted by Gasteiger charge is 2.37. The topological polar surface area (TPSA) is 60.9 Å². The van der Waals surface area contributed by atoms with Crippen molar-refractivity contribution in [2.75, 3.05) is 31.1 Å². The van der Waals surface area contributed by atoms with E-state index in [1.165, 1.54) is 12.1 Å². The van der Waals surface area contributed by atoms with E-state index in [4.69, 9.17) is 0 Å². The number of piperazine rings is 1. The Balaban J connectivity index is 1.60. The van der Waals surface area contributed by atoms with Crippen LogP contribution in [0.5, 0.6) is 0 Å². The fourth-order valence-corrected chi connectivity index (χ4v) is 3.64. The monoisotopic (exact) mass is 382 g/mol. The summed E-state index contributed by atoms with van der Waals surface area (Å²) in [6, 6.07) is 4.98. The van der Waals surface area contributed by atoms with E-state index < -0.39 is 29.5 Å². The van der Waals surface area contributed by atoms with Crippen LogP contribution in [0.15, 0.2) is 36.4 Å². The van der Waals surface area contributed by atoms with Gasteiger partial charge in [-0.1, -0.05) is 12.2 Å². The van der Waals surface area contributed by atoms with Crippen molar-refractivity contribution >= 4 is 17.6 Å². The molecule has 0 spiro atoms. The van der Waals surface area contributed by atoms with E-state index in [1.54, 1.807) is 11.0 Å². The average Bonchev–Trinajstić information content (AvgIpc) is 2.67. The Kier molecular flexibility index (Phi) is 5.43. The summed E-state index contributed by atoms with van der Waals surface area (Å²) in [6.07, 6.45) is 0.0660. The van der Waals surface area contributed by atoms with Gasteiger partial charge in [-0.05, 0) is 37.1 Å². The molecule has 1 N–H and O–H groups in total. The largest absolute Gasteiger partial charge is 0.481 e. The summed E-state index contributed by atoms with van der Waals surface area (Å²) in [4.78, 5) is 27.7. The Hall–Kier alpha value is -2.51. The first kappa shape index (κ1) is 19.3. The van der Waals surface area contributed by atoms with Crippen LogP contribution in [0, 0.1) is 11.8 Å². The first-order chi connectivity index (χ1) is 12.8. The number of hydrogen-bond acceptors (Lipinski definition) is 3. The van der Waals surface area contributed by atoms with Gasteiger partial charge in [-0.25, -0.2) is 0 Å². The zero-order chi connectivity index (χ0) is 19.6. The lowest BCUT2D eigenvalue weighted by atomic mass is 9.82. The molecule has 1 aromatic rings. The highest BCUT2D eigenvalue weighted by Crippen LogP contribution is 2.31. The smallest absolute Gasteiger partial charge is 0.416 e. The summed E-state index contributed by atoms with van der Waals surface area (Å²) in [5, 5.41) is 9.33.